The summed E-state index contributed by atoms with van der Waals surface area (Å²) in [4.78, 5) is 0. The Kier molecular flexibility index (Phi) is 4.27. The van der Waals surface area contributed by atoms with Gasteiger partial charge in [0.25, 0.3) is 0 Å². The molecule has 0 bridgehead atoms. The third-order valence-corrected chi connectivity index (χ3v) is 4.26. The molecule has 2 atom stereocenters. The average molecular weight is 229 g/mol. The molecule has 2 unspecified atom stereocenters. The molecule has 0 spiro atoms. The summed E-state index contributed by atoms with van der Waals surface area (Å²) < 4.78 is 24.5. The van der Waals surface area contributed by atoms with E-state index in [1.165, 1.54) is 12.1 Å². The van der Waals surface area contributed by atoms with Gasteiger partial charge in [0.1, 0.15) is 5.82 Å². The largest absolute Gasteiger partial charge is 0.398 e. The Morgan fingerprint density at radius 1 is 1.53 bits per heavy atom. The molecule has 0 amide bonds. The number of nitrogen functional groups attached to an aromatic ring is 1. The maximum Gasteiger partial charge on any atom is 0.125 e. The number of hydrogen-bond acceptors (Lipinski definition) is 2. The number of rotatable bonds is 4. The summed E-state index contributed by atoms with van der Waals surface area (Å²) in [6.45, 7) is 3.94. The first kappa shape index (κ1) is 12.2. The van der Waals surface area contributed by atoms with Gasteiger partial charge in [0, 0.05) is 21.7 Å². The van der Waals surface area contributed by atoms with E-state index in [4.69, 9.17) is 5.73 Å². The molecular weight excluding hydrogens is 213 g/mol. The number of hydrogen-bond donors (Lipinski definition) is 1. The molecular formula is C11H16FNOS. The highest BCUT2D eigenvalue weighted by atomic mass is 32.2. The molecule has 0 fully saturated rings. The van der Waals surface area contributed by atoms with Gasteiger partial charge in [-0.2, -0.15) is 0 Å². The number of nitrogens with two attached hydrogens (primary N) is 1. The van der Waals surface area contributed by atoms with Gasteiger partial charge in [-0.05, 0) is 24.1 Å². The summed E-state index contributed by atoms with van der Waals surface area (Å²) in [7, 11) is -0.935. The quantitative estimate of drug-likeness (QED) is 0.806. The molecule has 0 saturated heterocycles. The van der Waals surface area contributed by atoms with Crippen molar-refractivity contribution in [3.05, 3.63) is 29.6 Å². The molecule has 1 aromatic carbocycles. The van der Waals surface area contributed by atoms with Crippen molar-refractivity contribution in [2.75, 3.05) is 5.73 Å². The molecule has 1 rings (SSSR count). The van der Waals surface area contributed by atoms with Crippen LogP contribution in [0.15, 0.2) is 18.2 Å². The van der Waals surface area contributed by atoms with Gasteiger partial charge in [-0.15, -0.1) is 0 Å². The Morgan fingerprint density at radius 3 is 2.73 bits per heavy atom. The maximum atomic E-state index is 12.8. The van der Waals surface area contributed by atoms with Gasteiger partial charge in [-0.3, -0.25) is 4.21 Å². The molecule has 84 valence electrons. The predicted octanol–water partition coefficient (Wildman–Crippen LogP) is 2.46. The third kappa shape index (κ3) is 3.30. The summed E-state index contributed by atoms with van der Waals surface area (Å²) in [5.41, 5.74) is 6.78. The Balaban J connectivity index is 2.77. The lowest BCUT2D eigenvalue weighted by Crippen LogP contribution is -2.12. The lowest BCUT2D eigenvalue weighted by atomic mass is 10.2. The van der Waals surface area contributed by atoms with Crippen LogP contribution in [0.3, 0.4) is 0 Å². The lowest BCUT2D eigenvalue weighted by Gasteiger charge is -2.10. The Hall–Kier alpha value is -0.900. The van der Waals surface area contributed by atoms with E-state index in [0.717, 1.165) is 12.0 Å². The van der Waals surface area contributed by atoms with Gasteiger partial charge >= 0.3 is 0 Å². The normalized spacial score (nSPS) is 14.9. The molecule has 2 nitrogen and oxygen atoms in total. The van der Waals surface area contributed by atoms with Crippen molar-refractivity contribution in [1.29, 1.82) is 0 Å². The van der Waals surface area contributed by atoms with Crippen LogP contribution < -0.4 is 5.73 Å². The highest BCUT2D eigenvalue weighted by Crippen LogP contribution is 2.17. The number of anilines is 1. The molecule has 0 saturated carbocycles. The Bertz CT molecular complexity index is 368. The highest BCUT2D eigenvalue weighted by molar-refractivity contribution is 7.84. The van der Waals surface area contributed by atoms with Gasteiger partial charge in [0.05, 0.1) is 5.75 Å². The second kappa shape index (κ2) is 5.26. The van der Waals surface area contributed by atoms with Crippen molar-refractivity contribution in [3.8, 4) is 0 Å². The molecule has 0 aromatic heterocycles. The first-order chi connectivity index (χ1) is 7.04. The fourth-order valence-corrected chi connectivity index (χ4v) is 2.40. The van der Waals surface area contributed by atoms with Crippen LogP contribution in [0, 0.1) is 5.82 Å². The Labute approximate surface area is 92.1 Å². The first-order valence-corrected chi connectivity index (χ1v) is 6.34. The van der Waals surface area contributed by atoms with Crippen LogP contribution in [-0.4, -0.2) is 9.46 Å². The topological polar surface area (TPSA) is 43.1 Å². The summed E-state index contributed by atoms with van der Waals surface area (Å²) in [6.07, 6.45) is 0.869. The summed E-state index contributed by atoms with van der Waals surface area (Å²) in [5.74, 6) is 0.0479. The fourth-order valence-electron chi connectivity index (χ4n) is 1.18. The van der Waals surface area contributed by atoms with E-state index >= 15 is 0 Å². The monoisotopic (exact) mass is 229 g/mol. The zero-order chi connectivity index (χ0) is 11.4. The van der Waals surface area contributed by atoms with Crippen LogP contribution in [-0.2, 0) is 16.6 Å². The van der Waals surface area contributed by atoms with E-state index in [2.05, 4.69) is 0 Å². The van der Waals surface area contributed by atoms with Crippen LogP contribution >= 0.6 is 0 Å². The predicted molar refractivity (Wildman–Crippen MR) is 62.4 cm³/mol. The smallest absolute Gasteiger partial charge is 0.125 e. The Morgan fingerprint density at radius 2 is 2.20 bits per heavy atom. The minimum atomic E-state index is -0.935. The van der Waals surface area contributed by atoms with Gasteiger partial charge in [0.2, 0.25) is 0 Å². The summed E-state index contributed by atoms with van der Waals surface area (Å²) >= 11 is 0. The van der Waals surface area contributed by atoms with E-state index in [9.17, 15) is 8.60 Å². The minimum absolute atomic E-state index is 0.148. The standard InChI is InChI=1S/C11H16FNOS/c1-3-8(2)15(14)7-9-4-5-10(12)6-11(9)13/h4-6,8H,3,7,13H2,1-2H3. The van der Waals surface area contributed by atoms with E-state index in [0.29, 0.717) is 11.4 Å². The lowest BCUT2D eigenvalue weighted by molar-refractivity contribution is 0.628. The van der Waals surface area contributed by atoms with Crippen molar-refractivity contribution in [2.45, 2.75) is 31.3 Å². The van der Waals surface area contributed by atoms with Gasteiger partial charge < -0.3 is 5.73 Å². The van der Waals surface area contributed by atoms with Crippen LogP contribution in [0.25, 0.3) is 0 Å². The highest BCUT2D eigenvalue weighted by Gasteiger charge is 2.11. The van der Waals surface area contributed by atoms with Crippen molar-refractivity contribution in [1.82, 2.24) is 0 Å². The molecule has 0 aliphatic carbocycles. The molecule has 15 heavy (non-hydrogen) atoms. The van der Waals surface area contributed by atoms with Crippen molar-refractivity contribution < 1.29 is 8.60 Å². The van der Waals surface area contributed by atoms with Crippen molar-refractivity contribution in [2.24, 2.45) is 0 Å². The van der Waals surface area contributed by atoms with Crippen LogP contribution in [0.4, 0.5) is 10.1 Å². The van der Waals surface area contributed by atoms with E-state index in [1.54, 1.807) is 6.07 Å². The minimum Gasteiger partial charge on any atom is -0.398 e. The van der Waals surface area contributed by atoms with Gasteiger partial charge in [0.15, 0.2) is 0 Å². The molecule has 0 aliphatic rings. The second-order valence-corrected chi connectivity index (χ2v) is 5.44. The fraction of sp³-hybridized carbons (Fsp3) is 0.455. The third-order valence-electron chi connectivity index (χ3n) is 2.43. The molecule has 0 heterocycles. The second-order valence-electron chi connectivity index (χ2n) is 3.59. The van der Waals surface area contributed by atoms with Crippen LogP contribution in [0.2, 0.25) is 0 Å². The van der Waals surface area contributed by atoms with Crippen LogP contribution in [0.5, 0.6) is 0 Å². The molecule has 0 aliphatic heterocycles. The van der Waals surface area contributed by atoms with Crippen molar-refractivity contribution >= 4 is 16.5 Å². The maximum absolute atomic E-state index is 12.8. The van der Waals surface area contributed by atoms with E-state index in [1.807, 2.05) is 13.8 Å². The van der Waals surface area contributed by atoms with Gasteiger partial charge in [-0.25, -0.2) is 4.39 Å². The number of halogens is 1. The molecule has 4 heteroatoms. The first-order valence-electron chi connectivity index (χ1n) is 4.95. The molecule has 2 N–H and O–H groups in total. The van der Waals surface area contributed by atoms with Crippen LogP contribution in [0.1, 0.15) is 25.8 Å². The zero-order valence-corrected chi connectivity index (χ0v) is 9.81. The number of benzene rings is 1. The van der Waals surface area contributed by atoms with Gasteiger partial charge in [-0.1, -0.05) is 19.9 Å². The molecule has 1 aromatic rings. The summed E-state index contributed by atoms with van der Waals surface area (Å²) in [6, 6.07) is 4.22. The SMILES string of the molecule is CCC(C)S(=O)Cc1ccc(F)cc1N. The summed E-state index contributed by atoms with van der Waals surface area (Å²) in [5, 5.41) is 0.148. The van der Waals surface area contributed by atoms with E-state index in [-0.39, 0.29) is 11.1 Å². The zero-order valence-electron chi connectivity index (χ0n) is 9.00. The van der Waals surface area contributed by atoms with E-state index < -0.39 is 10.8 Å². The average Bonchev–Trinajstić information content (AvgIpc) is 2.20. The molecule has 0 radical (unpaired) electrons. The van der Waals surface area contributed by atoms with Crippen molar-refractivity contribution in [3.63, 3.8) is 0 Å².